The first-order chi connectivity index (χ1) is 10.3. The fourth-order valence-electron chi connectivity index (χ4n) is 2.41. The third-order valence-electron chi connectivity index (χ3n) is 3.37. The van der Waals surface area contributed by atoms with Crippen LogP contribution in [-0.4, -0.2) is 46.2 Å². The van der Waals surface area contributed by atoms with Gasteiger partial charge in [-0.2, -0.15) is 0 Å². The highest BCUT2D eigenvalue weighted by atomic mass is 35.5. The van der Waals surface area contributed by atoms with Crippen LogP contribution in [0.5, 0.6) is 0 Å². The van der Waals surface area contributed by atoms with Gasteiger partial charge in [-0.15, -0.1) is 0 Å². The molecule has 0 bridgehead atoms. The van der Waals surface area contributed by atoms with Crippen LogP contribution in [0.15, 0.2) is 12.3 Å². The van der Waals surface area contributed by atoms with Crippen molar-refractivity contribution in [3.63, 3.8) is 0 Å². The van der Waals surface area contributed by atoms with Crippen molar-refractivity contribution in [1.29, 1.82) is 0 Å². The molecule has 0 saturated carbocycles. The Morgan fingerprint density at radius 1 is 1.55 bits per heavy atom. The molecule has 1 fully saturated rings. The molecular formula is C15H23ClN4O2. The van der Waals surface area contributed by atoms with Gasteiger partial charge in [0.25, 0.3) is 0 Å². The lowest BCUT2D eigenvalue weighted by atomic mass is 9.98. The Labute approximate surface area is 136 Å². The van der Waals surface area contributed by atoms with Crippen molar-refractivity contribution in [3.8, 4) is 0 Å². The summed E-state index contributed by atoms with van der Waals surface area (Å²) in [5.41, 5.74) is -0.458. The second kappa shape index (κ2) is 7.13. The fraction of sp³-hybridized carbons (Fsp3) is 0.667. The van der Waals surface area contributed by atoms with Crippen LogP contribution in [0, 0.1) is 5.92 Å². The van der Waals surface area contributed by atoms with Gasteiger partial charge in [-0.1, -0.05) is 0 Å². The highest BCUT2D eigenvalue weighted by molar-refractivity contribution is 6.28. The molecule has 1 saturated heterocycles. The summed E-state index contributed by atoms with van der Waals surface area (Å²) in [6, 6.07) is 1.78. The van der Waals surface area contributed by atoms with Crippen molar-refractivity contribution in [2.24, 2.45) is 5.92 Å². The Bertz CT molecular complexity index is 519. The Morgan fingerprint density at radius 3 is 3.00 bits per heavy atom. The number of ether oxygens (including phenoxy) is 1. The molecule has 0 radical (unpaired) electrons. The molecular weight excluding hydrogens is 304 g/mol. The summed E-state index contributed by atoms with van der Waals surface area (Å²) in [5.74, 6) is 1.07. The van der Waals surface area contributed by atoms with E-state index in [0.29, 0.717) is 18.3 Å². The normalized spacial score (nSPS) is 18.9. The van der Waals surface area contributed by atoms with Gasteiger partial charge in [0, 0.05) is 25.8 Å². The number of aromatic nitrogens is 2. The summed E-state index contributed by atoms with van der Waals surface area (Å²) in [7, 11) is 0. The van der Waals surface area contributed by atoms with E-state index in [1.807, 2.05) is 20.8 Å². The number of anilines is 1. The number of rotatable bonds is 3. The molecule has 1 atom stereocenters. The van der Waals surface area contributed by atoms with Crippen LogP contribution >= 0.6 is 11.6 Å². The van der Waals surface area contributed by atoms with Gasteiger partial charge in [-0.3, -0.25) is 0 Å². The molecule has 1 N–H and O–H groups in total. The van der Waals surface area contributed by atoms with E-state index in [-0.39, 0.29) is 11.4 Å². The van der Waals surface area contributed by atoms with E-state index < -0.39 is 5.60 Å². The van der Waals surface area contributed by atoms with Gasteiger partial charge < -0.3 is 15.0 Å². The molecule has 2 rings (SSSR count). The highest BCUT2D eigenvalue weighted by Gasteiger charge is 2.27. The number of amides is 1. The first-order valence-corrected chi connectivity index (χ1v) is 7.91. The third-order valence-corrected chi connectivity index (χ3v) is 3.55. The minimum atomic E-state index is -0.458. The fourth-order valence-corrected chi connectivity index (χ4v) is 2.55. The molecule has 6 nitrogen and oxygen atoms in total. The molecule has 122 valence electrons. The van der Waals surface area contributed by atoms with Gasteiger partial charge in [0.15, 0.2) is 0 Å². The quantitative estimate of drug-likeness (QED) is 0.864. The Morgan fingerprint density at radius 2 is 2.32 bits per heavy atom. The average Bonchev–Trinajstić information content (AvgIpc) is 2.44. The first kappa shape index (κ1) is 16.8. The molecule has 1 aromatic rings. The number of halogens is 1. The molecule has 0 unspecified atom stereocenters. The highest BCUT2D eigenvalue weighted by Crippen LogP contribution is 2.20. The monoisotopic (exact) mass is 326 g/mol. The number of hydrogen-bond donors (Lipinski definition) is 1. The van der Waals surface area contributed by atoms with Crippen LogP contribution in [0.4, 0.5) is 10.6 Å². The summed E-state index contributed by atoms with van der Waals surface area (Å²) in [6.07, 6.45) is 3.44. The lowest BCUT2D eigenvalue weighted by Crippen LogP contribution is -2.44. The van der Waals surface area contributed by atoms with E-state index in [0.717, 1.165) is 25.9 Å². The van der Waals surface area contributed by atoms with Gasteiger partial charge in [0.2, 0.25) is 5.28 Å². The number of carbonyl (C=O) groups excluding carboxylic acids is 1. The number of hydrogen-bond acceptors (Lipinski definition) is 5. The minimum absolute atomic E-state index is 0.226. The van der Waals surface area contributed by atoms with Crippen LogP contribution in [0.1, 0.15) is 33.6 Å². The van der Waals surface area contributed by atoms with Gasteiger partial charge in [-0.05, 0) is 57.2 Å². The van der Waals surface area contributed by atoms with Crippen molar-refractivity contribution in [1.82, 2.24) is 14.9 Å². The molecule has 22 heavy (non-hydrogen) atoms. The molecule has 0 aliphatic carbocycles. The van der Waals surface area contributed by atoms with E-state index in [1.165, 1.54) is 0 Å². The van der Waals surface area contributed by atoms with Crippen LogP contribution in [0.3, 0.4) is 0 Å². The van der Waals surface area contributed by atoms with E-state index in [2.05, 4.69) is 15.3 Å². The number of nitrogens with zero attached hydrogens (tertiary/aromatic N) is 3. The van der Waals surface area contributed by atoms with Crippen LogP contribution < -0.4 is 5.32 Å². The topological polar surface area (TPSA) is 67.3 Å². The Balaban J connectivity index is 1.84. The van der Waals surface area contributed by atoms with E-state index in [4.69, 9.17) is 16.3 Å². The summed E-state index contributed by atoms with van der Waals surface area (Å²) in [4.78, 5) is 21.9. The predicted octanol–water partition coefficient (Wildman–Crippen LogP) is 3.19. The maximum atomic E-state index is 12.1. The van der Waals surface area contributed by atoms with E-state index in [9.17, 15) is 4.79 Å². The van der Waals surface area contributed by atoms with Crippen molar-refractivity contribution >= 4 is 23.5 Å². The number of likely N-dealkylation sites (tertiary alicyclic amines) is 1. The summed E-state index contributed by atoms with van der Waals surface area (Å²) < 4.78 is 5.43. The lowest BCUT2D eigenvalue weighted by molar-refractivity contribution is 0.0172. The smallest absolute Gasteiger partial charge is 0.410 e. The van der Waals surface area contributed by atoms with E-state index in [1.54, 1.807) is 17.2 Å². The molecule has 7 heteroatoms. The molecule has 0 aromatic carbocycles. The van der Waals surface area contributed by atoms with Crippen molar-refractivity contribution in [3.05, 3.63) is 17.5 Å². The number of nitrogens with one attached hydrogen (secondary N) is 1. The SMILES string of the molecule is CC(C)(C)OC(=O)N1CCC[C@@H](CNc2ccnc(Cl)n2)C1. The third kappa shape index (κ3) is 5.33. The summed E-state index contributed by atoms with van der Waals surface area (Å²) in [6.45, 7) is 7.84. The molecule has 1 amide bonds. The van der Waals surface area contributed by atoms with Gasteiger partial charge in [-0.25, -0.2) is 14.8 Å². The van der Waals surface area contributed by atoms with Crippen molar-refractivity contribution in [2.75, 3.05) is 25.0 Å². The van der Waals surface area contributed by atoms with Gasteiger partial charge in [0.05, 0.1) is 0 Å². The largest absolute Gasteiger partial charge is 0.444 e. The number of piperidine rings is 1. The predicted molar refractivity (Wildman–Crippen MR) is 86.1 cm³/mol. The summed E-state index contributed by atoms with van der Waals surface area (Å²) in [5, 5.41) is 3.47. The second-order valence-electron chi connectivity index (χ2n) is 6.53. The maximum absolute atomic E-state index is 12.1. The summed E-state index contributed by atoms with van der Waals surface area (Å²) >= 11 is 5.76. The van der Waals surface area contributed by atoms with Crippen molar-refractivity contribution < 1.29 is 9.53 Å². The zero-order chi connectivity index (χ0) is 16.2. The van der Waals surface area contributed by atoms with Crippen LogP contribution in [0.2, 0.25) is 5.28 Å². The Kier molecular flexibility index (Phi) is 5.45. The first-order valence-electron chi connectivity index (χ1n) is 7.54. The van der Waals surface area contributed by atoms with Crippen LogP contribution in [-0.2, 0) is 4.74 Å². The molecule has 1 aromatic heterocycles. The molecule has 1 aliphatic rings. The maximum Gasteiger partial charge on any atom is 0.410 e. The zero-order valence-corrected chi connectivity index (χ0v) is 14.1. The second-order valence-corrected chi connectivity index (χ2v) is 6.86. The minimum Gasteiger partial charge on any atom is -0.444 e. The van der Waals surface area contributed by atoms with Gasteiger partial charge >= 0.3 is 6.09 Å². The molecule has 1 aliphatic heterocycles. The zero-order valence-electron chi connectivity index (χ0n) is 13.3. The lowest BCUT2D eigenvalue weighted by Gasteiger charge is -2.34. The van der Waals surface area contributed by atoms with Crippen molar-refractivity contribution in [2.45, 2.75) is 39.2 Å². The van der Waals surface area contributed by atoms with E-state index >= 15 is 0 Å². The molecule has 0 spiro atoms. The average molecular weight is 327 g/mol. The van der Waals surface area contributed by atoms with Crippen LogP contribution in [0.25, 0.3) is 0 Å². The van der Waals surface area contributed by atoms with Gasteiger partial charge in [0.1, 0.15) is 11.4 Å². The number of carbonyl (C=O) groups is 1. The Hall–Kier alpha value is -1.56. The molecule has 2 heterocycles. The standard InChI is InChI=1S/C15H23ClN4O2/c1-15(2,3)22-14(21)20-8-4-5-11(10-20)9-18-12-6-7-17-13(16)19-12/h6-7,11H,4-5,8-10H2,1-3H3,(H,17,18,19)/t11-/m0/s1.